The molecule has 0 saturated heterocycles. The van der Waals surface area contributed by atoms with Gasteiger partial charge >= 0.3 is 0 Å². The van der Waals surface area contributed by atoms with E-state index < -0.39 is 11.7 Å². The molecule has 2 nitrogen and oxygen atoms in total. The van der Waals surface area contributed by atoms with Gasteiger partial charge in [0, 0.05) is 11.8 Å². The summed E-state index contributed by atoms with van der Waals surface area (Å²) in [6.45, 7) is 1.77. The average molecular weight is 192 g/mol. The summed E-state index contributed by atoms with van der Waals surface area (Å²) in [6.07, 6.45) is 9.05. The minimum Gasteiger partial charge on any atom is -0.389 e. The third-order valence-corrected chi connectivity index (χ3v) is 4.35. The minimum absolute atomic E-state index is 0.124. The van der Waals surface area contributed by atoms with E-state index in [4.69, 9.17) is 0 Å². The maximum Gasteiger partial charge on any atom is 0.0948 e. The average Bonchev–Trinajstić information content (AvgIpc) is 2.61. The van der Waals surface area contributed by atoms with Crippen molar-refractivity contribution in [3.8, 4) is 0 Å². The molecule has 2 N–H and O–H groups in total. The van der Waals surface area contributed by atoms with E-state index in [0.717, 1.165) is 6.42 Å². The molecule has 2 heteroatoms. The van der Waals surface area contributed by atoms with Crippen molar-refractivity contribution >= 4 is 0 Å². The Kier molecular flexibility index (Phi) is 1.55. The summed E-state index contributed by atoms with van der Waals surface area (Å²) in [7, 11) is 0. The molecule has 2 bridgehead atoms. The Morgan fingerprint density at radius 2 is 2.00 bits per heavy atom. The van der Waals surface area contributed by atoms with Crippen LogP contribution in [0.4, 0.5) is 0 Å². The van der Waals surface area contributed by atoms with Crippen LogP contribution in [0.25, 0.3) is 0 Å². The summed E-state index contributed by atoms with van der Waals surface area (Å²) in [5.74, 6) is 1.23. The molecule has 0 aromatic heterocycles. The Morgan fingerprint density at radius 3 is 2.79 bits per heavy atom. The number of allylic oxidation sites excluding steroid dienone is 2. The smallest absolute Gasteiger partial charge is 0.0948 e. The Hall–Kier alpha value is -0.600. The van der Waals surface area contributed by atoms with Crippen molar-refractivity contribution in [1.82, 2.24) is 0 Å². The summed E-state index contributed by atoms with van der Waals surface area (Å²) < 4.78 is 0. The molecule has 0 amide bonds. The molecule has 1 fully saturated rings. The lowest BCUT2D eigenvalue weighted by atomic mass is 9.56. The van der Waals surface area contributed by atoms with Gasteiger partial charge in [0.15, 0.2) is 0 Å². The molecule has 0 heterocycles. The Labute approximate surface area is 83.9 Å². The lowest BCUT2D eigenvalue weighted by Gasteiger charge is -2.53. The molecule has 0 aliphatic heterocycles. The highest BCUT2D eigenvalue weighted by atomic mass is 16.3. The number of hydrogen-bond acceptors (Lipinski definition) is 2. The van der Waals surface area contributed by atoms with E-state index in [9.17, 15) is 10.2 Å². The maximum absolute atomic E-state index is 10.3. The highest BCUT2D eigenvalue weighted by molar-refractivity contribution is 5.26. The SMILES string of the molecule is CC1(O)C(O)C2C=CC1C1CC=CC21. The lowest BCUT2D eigenvalue weighted by molar-refractivity contribution is -0.163. The predicted octanol–water partition coefficient (Wildman–Crippen LogP) is 1.11. The van der Waals surface area contributed by atoms with Crippen LogP contribution < -0.4 is 0 Å². The molecule has 0 aromatic carbocycles. The zero-order chi connectivity index (χ0) is 9.92. The van der Waals surface area contributed by atoms with Crippen molar-refractivity contribution in [2.75, 3.05) is 0 Å². The first-order valence-electron chi connectivity index (χ1n) is 5.38. The van der Waals surface area contributed by atoms with Crippen LogP contribution in [0.5, 0.6) is 0 Å². The standard InChI is InChI=1S/C12H16O2/c1-12(14)10-6-5-9(11(12)13)7-3-2-4-8(7)10/h2-3,5-11,13-14H,4H2,1H3. The molecule has 76 valence electrons. The molecular formula is C12H16O2. The van der Waals surface area contributed by atoms with Crippen molar-refractivity contribution in [2.45, 2.75) is 25.0 Å². The van der Waals surface area contributed by atoms with Crippen molar-refractivity contribution in [3.05, 3.63) is 24.3 Å². The second-order valence-electron chi connectivity index (χ2n) is 5.06. The normalized spacial score (nSPS) is 59.2. The largest absolute Gasteiger partial charge is 0.389 e. The highest BCUT2D eigenvalue weighted by Crippen LogP contribution is 2.53. The Balaban J connectivity index is 2.06. The summed E-state index contributed by atoms with van der Waals surface area (Å²) in [5, 5.41) is 20.3. The predicted molar refractivity (Wildman–Crippen MR) is 53.5 cm³/mol. The molecule has 14 heavy (non-hydrogen) atoms. The van der Waals surface area contributed by atoms with Gasteiger partial charge in [-0.3, -0.25) is 0 Å². The van der Waals surface area contributed by atoms with E-state index >= 15 is 0 Å². The van der Waals surface area contributed by atoms with E-state index in [0.29, 0.717) is 11.8 Å². The minimum atomic E-state index is -0.924. The topological polar surface area (TPSA) is 40.5 Å². The van der Waals surface area contributed by atoms with Gasteiger partial charge in [-0.15, -0.1) is 0 Å². The quantitative estimate of drug-likeness (QED) is 0.564. The number of aliphatic hydroxyl groups excluding tert-OH is 1. The first kappa shape index (κ1) is 8.69. The molecule has 6 unspecified atom stereocenters. The molecule has 6 atom stereocenters. The van der Waals surface area contributed by atoms with E-state index in [2.05, 4.69) is 24.3 Å². The van der Waals surface area contributed by atoms with Crippen LogP contribution in [0.1, 0.15) is 13.3 Å². The zero-order valence-corrected chi connectivity index (χ0v) is 8.30. The summed E-state index contributed by atoms with van der Waals surface area (Å²) in [4.78, 5) is 0. The first-order chi connectivity index (χ1) is 6.62. The summed E-state index contributed by atoms with van der Waals surface area (Å²) in [5.41, 5.74) is -0.924. The van der Waals surface area contributed by atoms with Crippen molar-refractivity contribution in [2.24, 2.45) is 23.7 Å². The van der Waals surface area contributed by atoms with Gasteiger partial charge in [0.25, 0.3) is 0 Å². The monoisotopic (exact) mass is 192 g/mol. The van der Waals surface area contributed by atoms with Gasteiger partial charge in [-0.1, -0.05) is 24.3 Å². The maximum atomic E-state index is 10.3. The van der Waals surface area contributed by atoms with Gasteiger partial charge in [0.05, 0.1) is 11.7 Å². The van der Waals surface area contributed by atoms with Crippen LogP contribution in [0.2, 0.25) is 0 Å². The van der Waals surface area contributed by atoms with Gasteiger partial charge < -0.3 is 10.2 Å². The lowest BCUT2D eigenvalue weighted by Crippen LogP contribution is -2.60. The first-order valence-corrected chi connectivity index (χ1v) is 5.38. The molecule has 0 spiro atoms. The van der Waals surface area contributed by atoms with Gasteiger partial charge in [-0.2, -0.15) is 0 Å². The van der Waals surface area contributed by atoms with Crippen LogP contribution in [0, 0.1) is 23.7 Å². The zero-order valence-electron chi connectivity index (χ0n) is 8.30. The van der Waals surface area contributed by atoms with Crippen molar-refractivity contribution in [3.63, 3.8) is 0 Å². The summed E-state index contributed by atoms with van der Waals surface area (Å²) >= 11 is 0. The van der Waals surface area contributed by atoms with Crippen LogP contribution in [0.3, 0.4) is 0 Å². The van der Waals surface area contributed by atoms with Crippen molar-refractivity contribution < 1.29 is 10.2 Å². The number of aliphatic hydroxyl groups is 2. The fourth-order valence-electron chi connectivity index (χ4n) is 3.54. The van der Waals surface area contributed by atoms with Crippen LogP contribution >= 0.6 is 0 Å². The number of rotatable bonds is 0. The van der Waals surface area contributed by atoms with Crippen LogP contribution in [-0.2, 0) is 0 Å². The van der Waals surface area contributed by atoms with E-state index in [1.807, 2.05) is 0 Å². The number of hydrogen-bond donors (Lipinski definition) is 2. The second kappa shape index (κ2) is 2.50. The molecule has 0 radical (unpaired) electrons. The van der Waals surface area contributed by atoms with Gasteiger partial charge in [0.2, 0.25) is 0 Å². The van der Waals surface area contributed by atoms with Crippen LogP contribution in [-0.4, -0.2) is 21.9 Å². The molecular weight excluding hydrogens is 176 g/mol. The fraction of sp³-hybridized carbons (Fsp3) is 0.667. The van der Waals surface area contributed by atoms with Gasteiger partial charge in [0.1, 0.15) is 0 Å². The number of fused-ring (bicyclic) bond motifs is 1. The van der Waals surface area contributed by atoms with E-state index in [-0.39, 0.29) is 11.8 Å². The highest BCUT2D eigenvalue weighted by Gasteiger charge is 2.56. The molecule has 0 aromatic rings. The van der Waals surface area contributed by atoms with Crippen molar-refractivity contribution in [1.29, 1.82) is 0 Å². The fourth-order valence-corrected chi connectivity index (χ4v) is 3.54. The van der Waals surface area contributed by atoms with E-state index in [1.54, 1.807) is 6.92 Å². The molecule has 4 rings (SSSR count). The van der Waals surface area contributed by atoms with Gasteiger partial charge in [-0.05, 0) is 25.2 Å². The molecule has 1 saturated carbocycles. The Bertz CT molecular complexity index is 316. The van der Waals surface area contributed by atoms with E-state index in [1.165, 1.54) is 0 Å². The molecule has 4 aliphatic rings. The Morgan fingerprint density at radius 1 is 1.21 bits per heavy atom. The third-order valence-electron chi connectivity index (χ3n) is 4.35. The molecule has 4 aliphatic carbocycles. The second-order valence-corrected chi connectivity index (χ2v) is 5.06. The van der Waals surface area contributed by atoms with Gasteiger partial charge in [-0.25, -0.2) is 0 Å². The third kappa shape index (κ3) is 0.836. The summed E-state index contributed by atoms with van der Waals surface area (Å²) in [6, 6.07) is 0. The van der Waals surface area contributed by atoms with Crippen LogP contribution in [0.15, 0.2) is 24.3 Å².